The van der Waals surface area contributed by atoms with Crippen molar-refractivity contribution in [2.45, 2.75) is 44.9 Å². The van der Waals surface area contributed by atoms with Gasteiger partial charge in [-0.3, -0.25) is 4.79 Å². The fourth-order valence-electron chi connectivity index (χ4n) is 3.34. The summed E-state index contributed by atoms with van der Waals surface area (Å²) in [5.74, 6) is 0.537. The van der Waals surface area contributed by atoms with Crippen LogP contribution in [-0.4, -0.2) is 27.4 Å². The number of thiophene rings is 1. The predicted molar refractivity (Wildman–Crippen MR) is 109 cm³/mol. The second kappa shape index (κ2) is 8.12. The number of hydrogen-bond acceptors (Lipinski definition) is 4. The Labute approximate surface area is 165 Å². The zero-order chi connectivity index (χ0) is 19.6. The smallest absolute Gasteiger partial charge is 0.261 e. The molecule has 0 aliphatic heterocycles. The third kappa shape index (κ3) is 4.78. The van der Waals surface area contributed by atoms with Crippen molar-refractivity contribution in [2.75, 3.05) is 13.1 Å². The summed E-state index contributed by atoms with van der Waals surface area (Å²) < 4.78 is 27.5. The van der Waals surface area contributed by atoms with Crippen LogP contribution in [0, 0.1) is 19.8 Å². The minimum atomic E-state index is -3.58. The first-order valence-electron chi connectivity index (χ1n) is 9.23. The first kappa shape index (κ1) is 20.0. The van der Waals surface area contributed by atoms with E-state index in [0.29, 0.717) is 16.4 Å². The summed E-state index contributed by atoms with van der Waals surface area (Å²) in [5, 5.41) is 2.81. The summed E-state index contributed by atoms with van der Waals surface area (Å²) in [7, 11) is -3.58. The number of aryl methyl sites for hydroxylation is 3. The molecule has 1 aliphatic rings. The van der Waals surface area contributed by atoms with Crippen molar-refractivity contribution >= 4 is 27.3 Å². The van der Waals surface area contributed by atoms with E-state index in [1.165, 1.54) is 16.9 Å². The standard InChI is InChI=1S/C20H26N2O3S2/c1-13-5-7-17-16(10-13)12-18(26-17)20(23)21-8-9-22-27(24,25)19-11-14(2)4-6-15(19)3/h4,6,11-13,22H,5,7-10H2,1-3H3,(H,21,23). The van der Waals surface area contributed by atoms with Gasteiger partial charge in [0.2, 0.25) is 10.0 Å². The van der Waals surface area contributed by atoms with E-state index >= 15 is 0 Å². The van der Waals surface area contributed by atoms with Crippen LogP contribution in [0.4, 0.5) is 0 Å². The van der Waals surface area contributed by atoms with Gasteiger partial charge >= 0.3 is 0 Å². The molecule has 1 heterocycles. The van der Waals surface area contributed by atoms with E-state index in [9.17, 15) is 13.2 Å². The number of amides is 1. The van der Waals surface area contributed by atoms with Gasteiger partial charge in [-0.2, -0.15) is 0 Å². The lowest BCUT2D eigenvalue weighted by Crippen LogP contribution is -2.34. The summed E-state index contributed by atoms with van der Waals surface area (Å²) in [6.07, 6.45) is 3.26. The first-order chi connectivity index (χ1) is 12.8. The third-order valence-electron chi connectivity index (χ3n) is 4.89. The number of sulfonamides is 1. The Morgan fingerprint density at radius 1 is 1.22 bits per heavy atom. The molecule has 0 saturated carbocycles. The van der Waals surface area contributed by atoms with E-state index in [1.54, 1.807) is 30.4 Å². The molecule has 2 N–H and O–H groups in total. The highest BCUT2D eigenvalue weighted by molar-refractivity contribution is 7.89. The van der Waals surface area contributed by atoms with E-state index in [4.69, 9.17) is 0 Å². The van der Waals surface area contributed by atoms with Crippen molar-refractivity contribution in [3.05, 3.63) is 50.7 Å². The van der Waals surface area contributed by atoms with Crippen LogP contribution in [0.2, 0.25) is 0 Å². The molecule has 146 valence electrons. The Morgan fingerprint density at radius 2 is 2.00 bits per heavy atom. The predicted octanol–water partition coefficient (Wildman–Crippen LogP) is 3.20. The van der Waals surface area contributed by atoms with Crippen molar-refractivity contribution < 1.29 is 13.2 Å². The molecule has 0 bridgehead atoms. The number of benzene rings is 1. The van der Waals surface area contributed by atoms with E-state index in [0.717, 1.165) is 18.4 Å². The maximum absolute atomic E-state index is 12.5. The Bertz CT molecular complexity index is 948. The highest BCUT2D eigenvalue weighted by atomic mass is 32.2. The van der Waals surface area contributed by atoms with Crippen LogP contribution in [0.15, 0.2) is 29.2 Å². The van der Waals surface area contributed by atoms with Gasteiger partial charge in [0.1, 0.15) is 0 Å². The number of carbonyl (C=O) groups excluding carboxylic acids is 1. The molecule has 1 aliphatic carbocycles. The molecule has 1 aromatic heterocycles. The van der Waals surface area contributed by atoms with Crippen LogP contribution < -0.4 is 10.0 Å². The SMILES string of the molecule is Cc1ccc(C)c(S(=O)(=O)NCCNC(=O)c2cc3c(s2)CCC(C)C3)c1. The molecule has 0 spiro atoms. The molecule has 0 radical (unpaired) electrons. The van der Waals surface area contributed by atoms with E-state index in [2.05, 4.69) is 17.0 Å². The molecule has 1 amide bonds. The fraction of sp³-hybridized carbons (Fsp3) is 0.450. The largest absolute Gasteiger partial charge is 0.350 e. The Balaban J connectivity index is 1.54. The van der Waals surface area contributed by atoms with Crippen LogP contribution in [0.25, 0.3) is 0 Å². The number of carbonyl (C=O) groups is 1. The molecular weight excluding hydrogens is 380 g/mol. The van der Waals surface area contributed by atoms with E-state index < -0.39 is 10.0 Å². The Hall–Kier alpha value is -1.70. The van der Waals surface area contributed by atoms with Crippen LogP contribution in [-0.2, 0) is 22.9 Å². The Kier molecular flexibility index (Phi) is 6.03. The molecule has 1 aromatic carbocycles. The number of fused-ring (bicyclic) bond motifs is 1. The summed E-state index contributed by atoms with van der Waals surface area (Å²) >= 11 is 1.56. The summed E-state index contributed by atoms with van der Waals surface area (Å²) in [4.78, 5) is 14.7. The van der Waals surface area contributed by atoms with Gasteiger partial charge < -0.3 is 5.32 Å². The molecule has 1 unspecified atom stereocenters. The molecule has 2 aromatic rings. The topological polar surface area (TPSA) is 75.3 Å². The van der Waals surface area contributed by atoms with Gasteiger partial charge in [-0.15, -0.1) is 11.3 Å². The van der Waals surface area contributed by atoms with Crippen molar-refractivity contribution in [3.8, 4) is 0 Å². The summed E-state index contributed by atoms with van der Waals surface area (Å²) in [6, 6.07) is 7.33. The summed E-state index contributed by atoms with van der Waals surface area (Å²) in [5.41, 5.74) is 2.89. The second-order valence-electron chi connectivity index (χ2n) is 7.33. The van der Waals surface area contributed by atoms with Gasteiger partial charge in [-0.05, 0) is 67.9 Å². The van der Waals surface area contributed by atoms with E-state index in [1.807, 2.05) is 19.1 Å². The zero-order valence-corrected chi connectivity index (χ0v) is 17.6. The average Bonchev–Trinajstić information content (AvgIpc) is 3.03. The molecule has 5 nitrogen and oxygen atoms in total. The van der Waals surface area contributed by atoms with Crippen molar-refractivity contribution in [3.63, 3.8) is 0 Å². The van der Waals surface area contributed by atoms with Crippen LogP contribution in [0.5, 0.6) is 0 Å². The number of nitrogens with one attached hydrogen (secondary N) is 2. The monoisotopic (exact) mass is 406 g/mol. The molecule has 1 atom stereocenters. The van der Waals surface area contributed by atoms with Gasteiger partial charge in [0, 0.05) is 18.0 Å². The van der Waals surface area contributed by atoms with Crippen LogP contribution in [0.3, 0.4) is 0 Å². The minimum absolute atomic E-state index is 0.131. The highest BCUT2D eigenvalue weighted by Crippen LogP contribution is 2.32. The molecular formula is C20H26N2O3S2. The fourth-order valence-corrected chi connectivity index (χ4v) is 5.82. The number of rotatable bonds is 6. The van der Waals surface area contributed by atoms with E-state index in [-0.39, 0.29) is 23.9 Å². The van der Waals surface area contributed by atoms with Crippen molar-refractivity contribution in [2.24, 2.45) is 5.92 Å². The van der Waals surface area contributed by atoms with Gasteiger partial charge in [-0.25, -0.2) is 13.1 Å². The lowest BCUT2D eigenvalue weighted by atomic mass is 9.90. The molecule has 3 rings (SSSR count). The quantitative estimate of drug-likeness (QED) is 0.724. The van der Waals surface area contributed by atoms with Gasteiger partial charge in [0.15, 0.2) is 0 Å². The minimum Gasteiger partial charge on any atom is -0.350 e. The lowest BCUT2D eigenvalue weighted by Gasteiger charge is -2.16. The van der Waals surface area contributed by atoms with Crippen LogP contribution in [0.1, 0.15) is 44.6 Å². The van der Waals surface area contributed by atoms with Gasteiger partial charge in [0.05, 0.1) is 9.77 Å². The average molecular weight is 407 g/mol. The first-order valence-corrected chi connectivity index (χ1v) is 11.5. The molecule has 27 heavy (non-hydrogen) atoms. The zero-order valence-electron chi connectivity index (χ0n) is 16.0. The molecule has 0 fully saturated rings. The summed E-state index contributed by atoms with van der Waals surface area (Å²) in [6.45, 7) is 6.28. The maximum atomic E-state index is 12.5. The third-order valence-corrected chi connectivity index (χ3v) is 7.73. The van der Waals surface area contributed by atoms with Crippen molar-refractivity contribution in [1.29, 1.82) is 0 Å². The highest BCUT2D eigenvalue weighted by Gasteiger charge is 2.21. The number of hydrogen-bond donors (Lipinski definition) is 2. The molecule has 0 saturated heterocycles. The van der Waals surface area contributed by atoms with Gasteiger partial charge in [-0.1, -0.05) is 19.1 Å². The molecule has 7 heteroatoms. The lowest BCUT2D eigenvalue weighted by molar-refractivity contribution is 0.0958. The van der Waals surface area contributed by atoms with Crippen molar-refractivity contribution in [1.82, 2.24) is 10.0 Å². The van der Waals surface area contributed by atoms with Gasteiger partial charge in [0.25, 0.3) is 5.91 Å². The normalized spacial score (nSPS) is 16.8. The van der Waals surface area contributed by atoms with Crippen LogP contribution >= 0.6 is 11.3 Å². The Morgan fingerprint density at radius 3 is 2.78 bits per heavy atom. The maximum Gasteiger partial charge on any atom is 0.261 e. The second-order valence-corrected chi connectivity index (χ2v) is 10.2.